The van der Waals surface area contributed by atoms with E-state index in [1.165, 1.54) is 95.0 Å². The molecule has 2 nitrogen and oxygen atoms in total. The van der Waals surface area contributed by atoms with Crippen molar-refractivity contribution in [2.45, 2.75) is 98.8 Å². The Morgan fingerprint density at radius 1 is 0.536 bits per heavy atom. The first-order chi connectivity index (χ1) is 13.2. The van der Waals surface area contributed by atoms with Crippen LogP contribution in [0.3, 0.4) is 0 Å². The van der Waals surface area contributed by atoms with E-state index in [-0.39, 0.29) is 0 Å². The third kappa shape index (κ3) is 12.5. The fourth-order valence-corrected chi connectivity index (χ4v) is 18.4. The lowest BCUT2D eigenvalue weighted by Crippen LogP contribution is -2.04. The summed E-state index contributed by atoms with van der Waals surface area (Å²) in [6, 6.07) is 0. The van der Waals surface area contributed by atoms with Crippen LogP contribution in [-0.2, 0) is 0 Å². The fourth-order valence-electron chi connectivity index (χ4n) is 3.76. The maximum Gasteiger partial charge on any atom is 0.0843 e. The molecule has 5 heteroatoms. The van der Waals surface area contributed by atoms with Gasteiger partial charge in [0.2, 0.25) is 0 Å². The molecule has 0 amide bonds. The first-order valence-electron chi connectivity index (χ1n) is 12.1. The molecule has 0 N–H and O–H groups in total. The van der Waals surface area contributed by atoms with E-state index >= 15 is 0 Å². The molecule has 0 spiro atoms. The zero-order chi connectivity index (χ0) is 21.5. The molecule has 0 rings (SSSR count). The van der Waals surface area contributed by atoms with E-state index in [9.17, 15) is 0 Å². The maximum atomic E-state index is 6.09. The van der Waals surface area contributed by atoms with Gasteiger partial charge in [-0.05, 0) is 76.4 Å². The van der Waals surface area contributed by atoms with Crippen LogP contribution in [0.5, 0.6) is 0 Å². The molecule has 0 aromatic rings. The predicted octanol–water partition coefficient (Wildman–Crippen LogP) is 9.91. The van der Waals surface area contributed by atoms with E-state index < -0.39 is 24.5 Å². The van der Waals surface area contributed by atoms with Crippen LogP contribution in [0.1, 0.15) is 98.8 Å². The zero-order valence-corrected chi connectivity index (χ0v) is 23.4. The largest absolute Gasteiger partial charge is 0.262 e. The van der Waals surface area contributed by atoms with E-state index in [1.54, 1.807) is 0 Å². The van der Waals surface area contributed by atoms with E-state index in [0.717, 1.165) is 0 Å². The second kappa shape index (κ2) is 15.6. The summed E-state index contributed by atoms with van der Waals surface area (Å²) in [7, 11) is -3.67. The van der Waals surface area contributed by atoms with Gasteiger partial charge in [0.25, 0.3) is 0 Å². The van der Waals surface area contributed by atoms with E-state index in [1.807, 2.05) is 0 Å². The van der Waals surface area contributed by atoms with Crippen LogP contribution in [0.25, 0.3) is 0 Å². The van der Waals surface area contributed by atoms with E-state index in [0.29, 0.717) is 0 Å². The van der Waals surface area contributed by atoms with Crippen molar-refractivity contribution in [3.8, 4) is 0 Å². The highest BCUT2D eigenvalue weighted by Gasteiger charge is 2.27. The maximum absolute atomic E-state index is 6.09. The Bertz CT molecular complexity index is 455. The molecule has 0 aliphatic carbocycles. The molecule has 0 saturated heterocycles. The van der Waals surface area contributed by atoms with Crippen LogP contribution in [0, 0.1) is 0 Å². The van der Waals surface area contributed by atoms with Crippen molar-refractivity contribution in [2.24, 2.45) is 8.67 Å². The van der Waals surface area contributed by atoms with Gasteiger partial charge in [-0.2, -0.15) is 10.2 Å². The lowest BCUT2D eigenvalue weighted by molar-refractivity contribution is 0.839. The lowest BCUT2D eigenvalue weighted by atomic mass is 10.4. The quantitative estimate of drug-likeness (QED) is 0.196. The number of hydrogen-bond acceptors (Lipinski definition) is 1. The fraction of sp³-hybridized carbons (Fsp3) is 1.00. The van der Waals surface area contributed by atoms with Crippen LogP contribution in [-0.4, -0.2) is 49.6 Å². The highest BCUT2D eigenvalue weighted by molar-refractivity contribution is 8.32. The molecular weight excluding hydrogens is 398 g/mol. The molecule has 0 saturated carbocycles. The Kier molecular flexibility index (Phi) is 16.0. The summed E-state index contributed by atoms with van der Waals surface area (Å²) < 4.78 is 11.8. The summed E-state index contributed by atoms with van der Waals surface area (Å²) in [5, 5.41) is 0. The minimum atomic E-state index is -1.56. The molecular formula is C23H54N2P2S. The van der Waals surface area contributed by atoms with Gasteiger partial charge >= 0.3 is 0 Å². The second-order valence-electron chi connectivity index (χ2n) is 9.30. The molecule has 0 aliphatic rings. The molecule has 0 radical (unpaired) electrons. The summed E-state index contributed by atoms with van der Waals surface area (Å²) in [4.78, 5) is 0. The summed E-state index contributed by atoms with van der Waals surface area (Å²) in [5.41, 5.74) is 0. The Morgan fingerprint density at radius 2 is 0.857 bits per heavy atom. The molecule has 0 aliphatic heterocycles. The van der Waals surface area contributed by atoms with Crippen LogP contribution < -0.4 is 0 Å². The van der Waals surface area contributed by atoms with Crippen molar-refractivity contribution >= 4 is 24.5 Å². The summed E-state index contributed by atoms with van der Waals surface area (Å²) in [6.07, 6.45) is 27.2. The molecule has 0 atom stereocenters. The number of hydrogen-bond donors (Lipinski definition) is 0. The minimum absolute atomic E-state index is 0.878. The zero-order valence-electron chi connectivity index (χ0n) is 20.8. The molecule has 0 bridgehead atoms. The molecule has 172 valence electrons. The van der Waals surface area contributed by atoms with Crippen molar-refractivity contribution in [1.82, 2.24) is 0 Å². The van der Waals surface area contributed by atoms with Crippen LogP contribution >= 0.6 is 24.5 Å². The van der Waals surface area contributed by atoms with Crippen molar-refractivity contribution in [3.63, 3.8) is 0 Å². The SMILES string of the molecule is CCCCP(CCCC)(CCCC)=NP(CCCC)(CCCC)=NS(C)(C)C. The van der Waals surface area contributed by atoms with E-state index in [4.69, 9.17) is 8.67 Å². The Balaban J connectivity index is 6.51. The summed E-state index contributed by atoms with van der Waals surface area (Å²) >= 11 is 0. The normalized spacial score (nSPS) is 13.6. The van der Waals surface area contributed by atoms with Crippen molar-refractivity contribution in [2.75, 3.05) is 49.6 Å². The average Bonchev–Trinajstić information content (AvgIpc) is 2.64. The first kappa shape index (κ1) is 28.8. The summed E-state index contributed by atoms with van der Waals surface area (Å²) in [6.45, 7) is 11.7. The smallest absolute Gasteiger partial charge is 0.0843 e. The van der Waals surface area contributed by atoms with Gasteiger partial charge in [-0.25, -0.2) is 4.15 Å². The number of rotatable bonds is 17. The Morgan fingerprint density at radius 3 is 1.14 bits per heavy atom. The first-order valence-corrected chi connectivity index (χ1v) is 19.3. The van der Waals surface area contributed by atoms with Crippen molar-refractivity contribution in [1.29, 1.82) is 0 Å². The van der Waals surface area contributed by atoms with E-state index in [2.05, 4.69) is 53.4 Å². The monoisotopic (exact) mass is 452 g/mol. The minimum Gasteiger partial charge on any atom is -0.262 e. The van der Waals surface area contributed by atoms with Gasteiger partial charge in [-0.1, -0.05) is 66.7 Å². The van der Waals surface area contributed by atoms with Gasteiger partial charge in [-0.3, -0.25) is 4.52 Å². The lowest BCUT2D eigenvalue weighted by Gasteiger charge is -2.34. The third-order valence-corrected chi connectivity index (χ3v) is 16.8. The Hall–Kier alpha value is 0.810. The van der Waals surface area contributed by atoms with Gasteiger partial charge < -0.3 is 0 Å². The average molecular weight is 453 g/mol. The third-order valence-electron chi connectivity index (χ3n) is 5.28. The molecule has 0 unspecified atom stereocenters. The predicted molar refractivity (Wildman–Crippen MR) is 143 cm³/mol. The van der Waals surface area contributed by atoms with Crippen LogP contribution in [0.4, 0.5) is 0 Å². The van der Waals surface area contributed by atoms with Crippen LogP contribution in [0.15, 0.2) is 8.67 Å². The highest BCUT2D eigenvalue weighted by Crippen LogP contribution is 2.68. The van der Waals surface area contributed by atoms with Crippen molar-refractivity contribution in [3.05, 3.63) is 0 Å². The van der Waals surface area contributed by atoms with Gasteiger partial charge in [0.15, 0.2) is 0 Å². The number of nitrogens with zero attached hydrogens (tertiary/aromatic N) is 2. The highest BCUT2D eigenvalue weighted by atomic mass is 32.3. The van der Waals surface area contributed by atoms with Gasteiger partial charge in [0, 0.05) is 12.3 Å². The standard InChI is InChI=1S/C23H54N2P2S/c1-9-14-19-26(20-15-10-2,21-16-11-3)24-27(22-17-12-4,23-18-13-5)25-28(6,7)8/h9-23H2,1-8H3. The van der Waals surface area contributed by atoms with Crippen LogP contribution in [0.2, 0.25) is 0 Å². The Labute approximate surface area is 181 Å². The molecule has 0 heterocycles. The molecule has 0 fully saturated rings. The topological polar surface area (TPSA) is 24.7 Å². The van der Waals surface area contributed by atoms with Gasteiger partial charge in [-0.15, -0.1) is 0 Å². The second-order valence-corrected chi connectivity index (χ2v) is 20.4. The number of unbranched alkanes of at least 4 members (excludes halogenated alkanes) is 5. The van der Waals surface area contributed by atoms with Gasteiger partial charge in [0.05, 0.1) is 7.21 Å². The molecule has 0 aromatic heterocycles. The molecule has 28 heavy (non-hydrogen) atoms. The van der Waals surface area contributed by atoms with Crippen molar-refractivity contribution < 1.29 is 0 Å². The van der Waals surface area contributed by atoms with Gasteiger partial charge in [0.1, 0.15) is 0 Å². The summed E-state index contributed by atoms with van der Waals surface area (Å²) in [5.74, 6) is 0. The molecule has 0 aromatic carbocycles.